The number of rotatable bonds is 5. The Kier molecular flexibility index (Phi) is 6.84. The van der Waals surface area contributed by atoms with Crippen LogP contribution in [0.15, 0.2) is 42.5 Å². The number of hydrogen-bond donors (Lipinski definition) is 2. The number of carbonyl (C=O) groups excluding carboxylic acids is 1. The second-order valence-corrected chi connectivity index (χ2v) is 7.09. The Bertz CT molecular complexity index is 833. The maximum Gasteiger partial charge on any atom is 0.264 e. The van der Waals surface area contributed by atoms with E-state index in [4.69, 9.17) is 21.7 Å². The van der Waals surface area contributed by atoms with E-state index >= 15 is 0 Å². The predicted octanol–water partition coefficient (Wildman–Crippen LogP) is 3.03. The van der Waals surface area contributed by atoms with Crippen LogP contribution in [-0.4, -0.2) is 43.9 Å². The lowest BCUT2D eigenvalue weighted by atomic mass is 10.1. The van der Waals surface area contributed by atoms with Gasteiger partial charge in [0, 0.05) is 24.5 Å². The van der Waals surface area contributed by atoms with E-state index in [0.29, 0.717) is 5.75 Å². The summed E-state index contributed by atoms with van der Waals surface area (Å²) < 4.78 is 10.9. The topological polar surface area (TPSA) is 62.8 Å². The number of nitrogens with zero attached hydrogens (tertiary/aromatic N) is 1. The fraction of sp³-hybridized carbons (Fsp3) is 0.333. The van der Waals surface area contributed by atoms with E-state index in [1.807, 2.05) is 56.3 Å². The molecule has 2 aromatic rings. The molecule has 1 fully saturated rings. The first-order chi connectivity index (χ1) is 13.5. The van der Waals surface area contributed by atoms with Crippen molar-refractivity contribution in [1.82, 2.24) is 5.32 Å². The quantitative estimate of drug-likeness (QED) is 0.754. The number of thiocarbonyl (C=S) groups is 1. The molecule has 1 saturated heterocycles. The minimum atomic E-state index is -0.305. The van der Waals surface area contributed by atoms with E-state index in [-0.39, 0.29) is 17.6 Å². The van der Waals surface area contributed by atoms with Crippen LogP contribution in [0.3, 0.4) is 0 Å². The highest BCUT2D eigenvalue weighted by atomic mass is 32.1. The molecule has 3 rings (SSSR count). The standard InChI is InChI=1S/C21H25N3O3S/c1-15-3-8-19(13-16(15)2)27-14-20(25)23-21(28)22-17-4-6-18(7-5-17)24-9-11-26-12-10-24/h3-8,13H,9-12,14H2,1-2H3,(H2,22,23,25,28). The molecule has 1 amide bonds. The average Bonchev–Trinajstić information content (AvgIpc) is 2.70. The van der Waals surface area contributed by atoms with Crippen LogP contribution in [-0.2, 0) is 9.53 Å². The summed E-state index contributed by atoms with van der Waals surface area (Å²) in [6.07, 6.45) is 0. The summed E-state index contributed by atoms with van der Waals surface area (Å²) in [4.78, 5) is 14.3. The number of morpholine rings is 1. The van der Waals surface area contributed by atoms with Crippen LogP contribution in [0, 0.1) is 13.8 Å². The van der Waals surface area contributed by atoms with E-state index in [1.54, 1.807) is 0 Å². The Morgan fingerprint density at radius 3 is 2.50 bits per heavy atom. The summed E-state index contributed by atoms with van der Waals surface area (Å²) in [5.74, 6) is 0.358. The number of hydrogen-bond acceptors (Lipinski definition) is 5. The normalized spacial score (nSPS) is 13.7. The van der Waals surface area contributed by atoms with Gasteiger partial charge in [-0.1, -0.05) is 6.07 Å². The van der Waals surface area contributed by atoms with Gasteiger partial charge in [-0.3, -0.25) is 10.1 Å². The van der Waals surface area contributed by atoms with Gasteiger partial charge in [0.15, 0.2) is 11.7 Å². The second kappa shape index (κ2) is 9.52. The monoisotopic (exact) mass is 399 g/mol. The molecule has 1 aliphatic rings. The molecule has 2 N–H and O–H groups in total. The summed E-state index contributed by atoms with van der Waals surface area (Å²) >= 11 is 5.21. The van der Waals surface area contributed by atoms with E-state index < -0.39 is 0 Å². The molecule has 7 heteroatoms. The summed E-state index contributed by atoms with van der Waals surface area (Å²) in [5.41, 5.74) is 4.26. The molecule has 28 heavy (non-hydrogen) atoms. The number of anilines is 2. The molecule has 1 heterocycles. The van der Waals surface area contributed by atoms with Crippen LogP contribution in [0.5, 0.6) is 5.75 Å². The van der Waals surface area contributed by atoms with Gasteiger partial charge in [-0.2, -0.15) is 0 Å². The van der Waals surface area contributed by atoms with Crippen LogP contribution in [0.2, 0.25) is 0 Å². The Hall–Kier alpha value is -2.64. The van der Waals surface area contributed by atoms with Gasteiger partial charge in [0.2, 0.25) is 0 Å². The molecule has 0 spiro atoms. The van der Waals surface area contributed by atoms with E-state index in [9.17, 15) is 4.79 Å². The van der Waals surface area contributed by atoms with Gasteiger partial charge in [-0.05, 0) is 73.6 Å². The first-order valence-corrected chi connectivity index (χ1v) is 9.66. The van der Waals surface area contributed by atoms with E-state index in [1.165, 1.54) is 5.56 Å². The van der Waals surface area contributed by atoms with Gasteiger partial charge in [0.05, 0.1) is 13.2 Å². The number of benzene rings is 2. The lowest BCUT2D eigenvalue weighted by molar-refractivity contribution is -0.121. The fourth-order valence-electron chi connectivity index (χ4n) is 2.85. The maximum atomic E-state index is 12.0. The molecular formula is C21H25N3O3S. The third-order valence-electron chi connectivity index (χ3n) is 4.60. The Balaban J connectivity index is 1.45. The van der Waals surface area contributed by atoms with Crippen LogP contribution >= 0.6 is 12.2 Å². The van der Waals surface area contributed by atoms with Crippen LogP contribution < -0.4 is 20.3 Å². The van der Waals surface area contributed by atoms with Crippen LogP contribution in [0.4, 0.5) is 11.4 Å². The van der Waals surface area contributed by atoms with Gasteiger partial charge in [0.1, 0.15) is 5.75 Å². The van der Waals surface area contributed by atoms with Crippen molar-refractivity contribution in [2.75, 3.05) is 43.1 Å². The van der Waals surface area contributed by atoms with Crippen molar-refractivity contribution in [2.24, 2.45) is 0 Å². The zero-order chi connectivity index (χ0) is 19.9. The summed E-state index contributed by atoms with van der Waals surface area (Å²) in [7, 11) is 0. The smallest absolute Gasteiger partial charge is 0.264 e. The molecule has 148 valence electrons. The summed E-state index contributed by atoms with van der Waals surface area (Å²) in [6.45, 7) is 7.22. The van der Waals surface area contributed by atoms with Crippen molar-refractivity contribution in [3.63, 3.8) is 0 Å². The Labute approximate surface area is 170 Å². The predicted molar refractivity (Wildman–Crippen MR) is 115 cm³/mol. The van der Waals surface area contributed by atoms with E-state index in [2.05, 4.69) is 15.5 Å². The average molecular weight is 400 g/mol. The number of nitrogens with one attached hydrogen (secondary N) is 2. The molecule has 0 bridgehead atoms. The summed E-state index contributed by atoms with van der Waals surface area (Å²) in [5, 5.41) is 5.89. The lowest BCUT2D eigenvalue weighted by Gasteiger charge is -2.28. The lowest BCUT2D eigenvalue weighted by Crippen LogP contribution is -2.37. The molecule has 0 aromatic heterocycles. The van der Waals surface area contributed by atoms with Gasteiger partial charge in [-0.25, -0.2) is 0 Å². The number of ether oxygens (including phenoxy) is 2. The molecular weight excluding hydrogens is 374 g/mol. The highest BCUT2D eigenvalue weighted by molar-refractivity contribution is 7.80. The minimum absolute atomic E-state index is 0.0969. The molecule has 0 aliphatic carbocycles. The van der Waals surface area contributed by atoms with Gasteiger partial charge in [0.25, 0.3) is 5.91 Å². The van der Waals surface area contributed by atoms with Crippen molar-refractivity contribution in [3.8, 4) is 5.75 Å². The minimum Gasteiger partial charge on any atom is -0.484 e. The highest BCUT2D eigenvalue weighted by Crippen LogP contribution is 2.19. The highest BCUT2D eigenvalue weighted by Gasteiger charge is 2.11. The van der Waals surface area contributed by atoms with E-state index in [0.717, 1.165) is 43.2 Å². The molecule has 2 aromatic carbocycles. The van der Waals surface area contributed by atoms with Crippen molar-refractivity contribution in [1.29, 1.82) is 0 Å². The van der Waals surface area contributed by atoms with Crippen molar-refractivity contribution in [3.05, 3.63) is 53.6 Å². The first kappa shape index (κ1) is 20.1. The third kappa shape index (κ3) is 5.68. The van der Waals surface area contributed by atoms with Gasteiger partial charge < -0.3 is 19.7 Å². The number of aryl methyl sites for hydroxylation is 2. The summed E-state index contributed by atoms with van der Waals surface area (Å²) in [6, 6.07) is 13.7. The third-order valence-corrected chi connectivity index (χ3v) is 4.81. The molecule has 0 atom stereocenters. The number of carbonyl (C=O) groups is 1. The van der Waals surface area contributed by atoms with Crippen molar-refractivity contribution >= 4 is 34.6 Å². The first-order valence-electron chi connectivity index (χ1n) is 9.25. The fourth-order valence-corrected chi connectivity index (χ4v) is 3.09. The molecule has 1 aliphatic heterocycles. The molecule has 0 radical (unpaired) electrons. The molecule has 0 saturated carbocycles. The zero-order valence-corrected chi connectivity index (χ0v) is 17.0. The molecule has 0 unspecified atom stereocenters. The van der Waals surface area contributed by atoms with Crippen LogP contribution in [0.1, 0.15) is 11.1 Å². The Morgan fingerprint density at radius 1 is 1.11 bits per heavy atom. The SMILES string of the molecule is Cc1ccc(OCC(=O)NC(=S)Nc2ccc(N3CCOCC3)cc2)cc1C. The zero-order valence-electron chi connectivity index (χ0n) is 16.2. The maximum absolute atomic E-state index is 12.0. The van der Waals surface area contributed by atoms with Gasteiger partial charge in [-0.15, -0.1) is 0 Å². The number of amides is 1. The van der Waals surface area contributed by atoms with Crippen LogP contribution in [0.25, 0.3) is 0 Å². The molecule has 6 nitrogen and oxygen atoms in total. The Morgan fingerprint density at radius 2 is 1.82 bits per heavy atom. The largest absolute Gasteiger partial charge is 0.484 e. The second-order valence-electron chi connectivity index (χ2n) is 6.68. The van der Waals surface area contributed by atoms with Gasteiger partial charge >= 0.3 is 0 Å². The van der Waals surface area contributed by atoms with Crippen molar-refractivity contribution < 1.29 is 14.3 Å². The van der Waals surface area contributed by atoms with Crippen molar-refractivity contribution in [2.45, 2.75) is 13.8 Å².